The molecule has 0 aliphatic rings. The van der Waals surface area contributed by atoms with Crippen LogP contribution in [0.5, 0.6) is 0 Å². The lowest BCUT2D eigenvalue weighted by Crippen LogP contribution is -2.39. The third-order valence-corrected chi connectivity index (χ3v) is 2.52. The van der Waals surface area contributed by atoms with Gasteiger partial charge in [-0.15, -0.1) is 0 Å². The Hall–Kier alpha value is -1.39. The van der Waals surface area contributed by atoms with E-state index in [0.29, 0.717) is 11.4 Å². The summed E-state index contributed by atoms with van der Waals surface area (Å²) in [6.07, 6.45) is -4.22. The summed E-state index contributed by atoms with van der Waals surface area (Å²) in [5, 5.41) is 0. The first-order chi connectivity index (χ1) is 7.70. The molecule has 0 saturated heterocycles. The maximum absolute atomic E-state index is 12.5. The molecule has 0 aliphatic heterocycles. The summed E-state index contributed by atoms with van der Waals surface area (Å²) in [6.45, 7) is 4.28. The summed E-state index contributed by atoms with van der Waals surface area (Å²) < 4.78 is 37.5. The van der Waals surface area contributed by atoms with Gasteiger partial charge in [0.1, 0.15) is 6.54 Å². The van der Waals surface area contributed by atoms with Crippen LogP contribution in [0.3, 0.4) is 0 Å². The van der Waals surface area contributed by atoms with E-state index in [-0.39, 0.29) is 6.04 Å². The minimum atomic E-state index is -4.22. The third-order valence-electron chi connectivity index (χ3n) is 2.52. The summed E-state index contributed by atoms with van der Waals surface area (Å²) in [6, 6.07) is 4.76. The second-order valence-corrected chi connectivity index (χ2v) is 4.38. The maximum atomic E-state index is 12.5. The van der Waals surface area contributed by atoms with Gasteiger partial charge in [-0.1, -0.05) is 6.07 Å². The Morgan fingerprint density at radius 2 is 1.88 bits per heavy atom. The van der Waals surface area contributed by atoms with E-state index < -0.39 is 12.7 Å². The number of benzene rings is 1. The van der Waals surface area contributed by atoms with Crippen molar-refractivity contribution in [1.82, 2.24) is 0 Å². The lowest BCUT2D eigenvalue weighted by atomic mass is 10.1. The van der Waals surface area contributed by atoms with Crippen molar-refractivity contribution in [2.45, 2.75) is 33.0 Å². The van der Waals surface area contributed by atoms with Crippen LogP contribution < -0.4 is 10.6 Å². The molecular weight excluding hydrogens is 229 g/mol. The lowest BCUT2D eigenvalue weighted by molar-refractivity contribution is -0.120. The van der Waals surface area contributed by atoms with Crippen LogP contribution in [0.4, 0.5) is 24.5 Å². The van der Waals surface area contributed by atoms with Gasteiger partial charge in [-0.05, 0) is 38.5 Å². The molecule has 96 valence electrons. The number of rotatable bonds is 3. The fraction of sp³-hybridized carbons (Fsp3) is 0.500. The van der Waals surface area contributed by atoms with Gasteiger partial charge in [0.25, 0.3) is 0 Å². The van der Waals surface area contributed by atoms with Gasteiger partial charge in [-0.3, -0.25) is 0 Å². The fourth-order valence-electron chi connectivity index (χ4n) is 1.67. The average Bonchev–Trinajstić information content (AvgIpc) is 2.17. The predicted octanol–water partition coefficient (Wildman–Crippen LogP) is 3.35. The van der Waals surface area contributed by atoms with Crippen molar-refractivity contribution in [1.29, 1.82) is 0 Å². The van der Waals surface area contributed by atoms with Crippen molar-refractivity contribution in [2.75, 3.05) is 17.2 Å². The first kappa shape index (κ1) is 13.7. The molecule has 1 rings (SSSR count). The van der Waals surface area contributed by atoms with Crippen LogP contribution in [-0.4, -0.2) is 18.8 Å². The number of hydrogen-bond donors (Lipinski definition) is 1. The molecule has 2 nitrogen and oxygen atoms in total. The van der Waals surface area contributed by atoms with Crippen LogP contribution in [-0.2, 0) is 0 Å². The van der Waals surface area contributed by atoms with Crippen molar-refractivity contribution in [3.8, 4) is 0 Å². The van der Waals surface area contributed by atoms with Crippen LogP contribution >= 0.6 is 0 Å². The molecule has 0 bridgehead atoms. The van der Waals surface area contributed by atoms with Crippen LogP contribution in [0.15, 0.2) is 18.2 Å². The summed E-state index contributed by atoms with van der Waals surface area (Å²) in [5.74, 6) is 0. The molecular formula is C12H17F3N2. The van der Waals surface area contributed by atoms with E-state index in [4.69, 9.17) is 5.73 Å². The third kappa shape index (κ3) is 3.84. The SMILES string of the molecule is Cc1ccc(N)cc1N(CC(F)(F)F)C(C)C. The van der Waals surface area contributed by atoms with E-state index in [1.807, 2.05) is 0 Å². The van der Waals surface area contributed by atoms with Gasteiger partial charge in [0.2, 0.25) is 0 Å². The quantitative estimate of drug-likeness (QED) is 0.829. The monoisotopic (exact) mass is 246 g/mol. The summed E-state index contributed by atoms with van der Waals surface area (Å²) in [4.78, 5) is 1.31. The van der Waals surface area contributed by atoms with Crippen molar-refractivity contribution < 1.29 is 13.2 Å². The zero-order chi connectivity index (χ0) is 13.2. The average molecular weight is 246 g/mol. The van der Waals surface area contributed by atoms with E-state index in [2.05, 4.69) is 0 Å². The largest absolute Gasteiger partial charge is 0.405 e. The minimum absolute atomic E-state index is 0.239. The number of alkyl halides is 3. The summed E-state index contributed by atoms with van der Waals surface area (Å²) >= 11 is 0. The molecule has 1 aromatic carbocycles. The van der Waals surface area contributed by atoms with Crippen molar-refractivity contribution in [3.63, 3.8) is 0 Å². The number of hydrogen-bond acceptors (Lipinski definition) is 2. The molecule has 1 aromatic rings. The second-order valence-electron chi connectivity index (χ2n) is 4.38. The smallest absolute Gasteiger partial charge is 0.399 e. The molecule has 0 aliphatic carbocycles. The molecule has 0 heterocycles. The molecule has 0 aromatic heterocycles. The second kappa shape index (κ2) is 4.85. The van der Waals surface area contributed by atoms with E-state index >= 15 is 0 Å². The molecule has 17 heavy (non-hydrogen) atoms. The van der Waals surface area contributed by atoms with Crippen LogP contribution in [0.2, 0.25) is 0 Å². The number of anilines is 2. The zero-order valence-electron chi connectivity index (χ0n) is 10.2. The van der Waals surface area contributed by atoms with Gasteiger partial charge in [0.05, 0.1) is 0 Å². The van der Waals surface area contributed by atoms with Crippen molar-refractivity contribution >= 4 is 11.4 Å². The Labute approximate surface area is 99.2 Å². The topological polar surface area (TPSA) is 29.3 Å². The standard InChI is InChI=1S/C12H17F3N2/c1-8(2)17(7-12(13,14)15)11-6-10(16)5-4-9(11)3/h4-6,8H,7,16H2,1-3H3. The number of nitrogens with zero attached hydrogens (tertiary/aromatic N) is 1. The van der Waals surface area contributed by atoms with E-state index in [1.54, 1.807) is 39.0 Å². The number of halogens is 3. The van der Waals surface area contributed by atoms with Gasteiger partial charge in [-0.2, -0.15) is 13.2 Å². The van der Waals surface area contributed by atoms with Crippen LogP contribution in [0, 0.1) is 6.92 Å². The fourth-order valence-corrected chi connectivity index (χ4v) is 1.67. The molecule has 0 unspecified atom stereocenters. The number of nitrogens with two attached hydrogens (primary N) is 1. The van der Waals surface area contributed by atoms with Gasteiger partial charge < -0.3 is 10.6 Å². The van der Waals surface area contributed by atoms with E-state index in [1.165, 1.54) is 4.90 Å². The van der Waals surface area contributed by atoms with Gasteiger partial charge >= 0.3 is 6.18 Å². The normalized spacial score (nSPS) is 11.9. The Morgan fingerprint density at radius 1 is 1.29 bits per heavy atom. The Balaban J connectivity index is 3.10. The van der Waals surface area contributed by atoms with E-state index in [0.717, 1.165) is 5.56 Å². The number of nitrogen functional groups attached to an aromatic ring is 1. The highest BCUT2D eigenvalue weighted by molar-refractivity contribution is 5.61. The van der Waals surface area contributed by atoms with Crippen LogP contribution in [0.25, 0.3) is 0 Å². The highest BCUT2D eigenvalue weighted by Crippen LogP contribution is 2.28. The molecule has 5 heteroatoms. The Kier molecular flexibility index (Phi) is 3.91. The van der Waals surface area contributed by atoms with Crippen molar-refractivity contribution in [2.24, 2.45) is 0 Å². The predicted molar refractivity (Wildman–Crippen MR) is 64.1 cm³/mol. The Bertz CT molecular complexity index is 386. The maximum Gasteiger partial charge on any atom is 0.405 e. The molecule has 0 fully saturated rings. The molecule has 0 spiro atoms. The Morgan fingerprint density at radius 3 is 2.35 bits per heavy atom. The highest BCUT2D eigenvalue weighted by atomic mass is 19.4. The highest BCUT2D eigenvalue weighted by Gasteiger charge is 2.32. The molecule has 2 N–H and O–H groups in total. The summed E-state index contributed by atoms with van der Waals surface area (Å²) in [5.41, 5.74) is 7.42. The summed E-state index contributed by atoms with van der Waals surface area (Å²) in [7, 11) is 0. The minimum Gasteiger partial charge on any atom is -0.399 e. The first-order valence-electron chi connectivity index (χ1n) is 5.40. The van der Waals surface area contributed by atoms with Gasteiger partial charge in [0.15, 0.2) is 0 Å². The molecule has 0 saturated carbocycles. The van der Waals surface area contributed by atoms with Crippen LogP contribution in [0.1, 0.15) is 19.4 Å². The lowest BCUT2D eigenvalue weighted by Gasteiger charge is -2.31. The molecule has 0 radical (unpaired) electrons. The van der Waals surface area contributed by atoms with Crippen molar-refractivity contribution in [3.05, 3.63) is 23.8 Å². The zero-order valence-corrected chi connectivity index (χ0v) is 10.2. The van der Waals surface area contributed by atoms with E-state index in [9.17, 15) is 13.2 Å². The first-order valence-corrected chi connectivity index (χ1v) is 5.40. The number of aryl methyl sites for hydroxylation is 1. The van der Waals surface area contributed by atoms with Gasteiger partial charge in [-0.25, -0.2) is 0 Å². The molecule has 0 amide bonds. The molecule has 0 atom stereocenters. The van der Waals surface area contributed by atoms with Gasteiger partial charge in [0, 0.05) is 17.4 Å².